The maximum Gasteiger partial charge on any atom is 0.241 e. The molecule has 1 saturated heterocycles. The minimum Gasteiger partial charge on any atom is -0.496 e. The van der Waals surface area contributed by atoms with E-state index in [0.717, 1.165) is 48.5 Å². The number of hydrogen-bond acceptors (Lipinski definition) is 4. The molecule has 126 valence electrons. The second-order valence-corrected chi connectivity index (χ2v) is 5.95. The highest BCUT2D eigenvalue weighted by Crippen LogP contribution is 2.37. The molecule has 1 aliphatic rings. The molecule has 24 heavy (non-hydrogen) atoms. The molecule has 1 heterocycles. The molecule has 0 unspecified atom stereocenters. The molecule has 3 rings (SSSR count). The van der Waals surface area contributed by atoms with E-state index < -0.39 is 0 Å². The average molecular weight is 325 g/mol. The van der Waals surface area contributed by atoms with Gasteiger partial charge in [-0.3, -0.25) is 4.79 Å². The predicted molar refractivity (Wildman–Crippen MR) is 97.1 cm³/mol. The molecule has 0 spiro atoms. The zero-order chi connectivity index (χ0) is 16.9. The van der Waals surface area contributed by atoms with Gasteiger partial charge in [0.15, 0.2) is 0 Å². The number of carbonyl (C=O) groups excluding carboxylic acids is 1. The van der Waals surface area contributed by atoms with Crippen LogP contribution in [0.15, 0.2) is 42.5 Å². The number of rotatable bonds is 5. The quantitative estimate of drug-likeness (QED) is 0.829. The number of nitrogens with one attached hydrogen (secondary N) is 1. The summed E-state index contributed by atoms with van der Waals surface area (Å²) >= 11 is 0. The Kier molecular flexibility index (Phi) is 4.89. The number of carbonyl (C=O) groups is 1. The number of nitrogens with two attached hydrogens (primary N) is 1. The minimum absolute atomic E-state index is 0.138. The van der Waals surface area contributed by atoms with E-state index in [1.807, 2.05) is 47.4 Å². The number of nitrogen functional groups attached to an aromatic ring is 1. The molecule has 0 saturated carbocycles. The van der Waals surface area contributed by atoms with Gasteiger partial charge in [0.1, 0.15) is 5.75 Å². The zero-order valence-corrected chi connectivity index (χ0v) is 13.9. The van der Waals surface area contributed by atoms with E-state index in [4.69, 9.17) is 10.5 Å². The van der Waals surface area contributed by atoms with Crippen LogP contribution >= 0.6 is 0 Å². The fourth-order valence-electron chi connectivity index (χ4n) is 3.05. The molecule has 5 heteroatoms. The van der Waals surface area contributed by atoms with Gasteiger partial charge in [-0.1, -0.05) is 18.2 Å². The van der Waals surface area contributed by atoms with E-state index in [2.05, 4.69) is 5.32 Å². The molecule has 0 aliphatic carbocycles. The fraction of sp³-hybridized carbons (Fsp3) is 0.316. The van der Waals surface area contributed by atoms with Crippen LogP contribution in [0.1, 0.15) is 12.8 Å². The first-order valence-corrected chi connectivity index (χ1v) is 8.23. The molecule has 0 bridgehead atoms. The minimum atomic E-state index is 0.138. The van der Waals surface area contributed by atoms with Crippen molar-refractivity contribution < 1.29 is 9.53 Å². The molecule has 3 N–H and O–H groups in total. The lowest BCUT2D eigenvalue weighted by atomic mass is 10.0. The number of benzene rings is 2. The average Bonchev–Trinajstić information content (AvgIpc) is 3.15. The summed E-state index contributed by atoms with van der Waals surface area (Å²) in [4.78, 5) is 14.2. The molecule has 5 nitrogen and oxygen atoms in total. The van der Waals surface area contributed by atoms with Crippen molar-refractivity contribution in [2.75, 3.05) is 37.8 Å². The maximum atomic E-state index is 12.3. The van der Waals surface area contributed by atoms with Gasteiger partial charge in [-0.05, 0) is 42.7 Å². The van der Waals surface area contributed by atoms with E-state index in [0.29, 0.717) is 5.69 Å². The molecular formula is C19H23N3O2. The van der Waals surface area contributed by atoms with Gasteiger partial charge in [0, 0.05) is 30.0 Å². The van der Waals surface area contributed by atoms with Crippen molar-refractivity contribution in [2.45, 2.75) is 12.8 Å². The van der Waals surface area contributed by atoms with E-state index in [9.17, 15) is 4.79 Å². The van der Waals surface area contributed by atoms with Gasteiger partial charge in [-0.2, -0.15) is 0 Å². The summed E-state index contributed by atoms with van der Waals surface area (Å²) in [6, 6.07) is 13.4. The summed E-state index contributed by atoms with van der Waals surface area (Å²) < 4.78 is 5.51. The fourth-order valence-corrected chi connectivity index (χ4v) is 3.05. The number of amides is 1. The third-order valence-electron chi connectivity index (χ3n) is 4.33. The Bertz CT molecular complexity index is 707. The van der Waals surface area contributed by atoms with Crippen LogP contribution in [-0.2, 0) is 4.79 Å². The number of nitrogens with zero attached hydrogens (tertiary/aromatic N) is 1. The first-order valence-electron chi connectivity index (χ1n) is 8.23. The van der Waals surface area contributed by atoms with Crippen molar-refractivity contribution >= 4 is 17.3 Å². The van der Waals surface area contributed by atoms with Crippen LogP contribution in [0, 0.1) is 0 Å². The first-order chi connectivity index (χ1) is 11.7. The van der Waals surface area contributed by atoms with Crippen LogP contribution in [0.2, 0.25) is 0 Å². The molecule has 2 aromatic carbocycles. The second-order valence-electron chi connectivity index (χ2n) is 5.95. The largest absolute Gasteiger partial charge is 0.496 e. The van der Waals surface area contributed by atoms with E-state index in [1.54, 1.807) is 7.11 Å². The number of methoxy groups -OCH3 is 1. The molecule has 0 aromatic heterocycles. The van der Waals surface area contributed by atoms with E-state index >= 15 is 0 Å². The standard InChI is InChI=1S/C19H23N3O2/c1-24-17-6-4-5-16(19(17)14-7-9-15(20)10-8-14)21-13-18(23)22-11-2-3-12-22/h4-10,21H,2-3,11-13,20H2,1H3. The topological polar surface area (TPSA) is 67.6 Å². The van der Waals surface area contributed by atoms with Crippen molar-refractivity contribution in [2.24, 2.45) is 0 Å². The van der Waals surface area contributed by atoms with Gasteiger partial charge in [0.05, 0.1) is 13.7 Å². The van der Waals surface area contributed by atoms with Gasteiger partial charge in [-0.15, -0.1) is 0 Å². The first kappa shape index (κ1) is 16.2. The highest BCUT2D eigenvalue weighted by atomic mass is 16.5. The van der Waals surface area contributed by atoms with Crippen molar-refractivity contribution in [1.29, 1.82) is 0 Å². The van der Waals surface area contributed by atoms with Crippen molar-refractivity contribution in [1.82, 2.24) is 4.90 Å². The normalized spacial score (nSPS) is 13.8. The molecular weight excluding hydrogens is 302 g/mol. The van der Waals surface area contributed by atoms with E-state index in [1.165, 1.54) is 0 Å². The summed E-state index contributed by atoms with van der Waals surface area (Å²) in [5.74, 6) is 0.900. The molecule has 2 aromatic rings. The predicted octanol–water partition coefficient (Wildman–Crippen LogP) is 2.98. The molecule has 1 fully saturated rings. The Labute approximate surface area is 142 Å². The third-order valence-corrected chi connectivity index (χ3v) is 4.33. The van der Waals surface area contributed by atoms with Gasteiger partial charge in [-0.25, -0.2) is 0 Å². The third kappa shape index (κ3) is 3.45. The number of hydrogen-bond donors (Lipinski definition) is 2. The smallest absolute Gasteiger partial charge is 0.241 e. The Balaban J connectivity index is 1.84. The monoisotopic (exact) mass is 325 g/mol. The summed E-state index contributed by atoms with van der Waals surface area (Å²) in [6.45, 7) is 2.02. The van der Waals surface area contributed by atoms with Gasteiger partial charge in [0.2, 0.25) is 5.91 Å². The number of likely N-dealkylation sites (tertiary alicyclic amines) is 1. The lowest BCUT2D eigenvalue weighted by molar-refractivity contribution is -0.128. The van der Waals surface area contributed by atoms with Crippen molar-refractivity contribution in [3.8, 4) is 16.9 Å². The Hall–Kier alpha value is -2.69. The van der Waals surface area contributed by atoms with Crippen LogP contribution in [0.5, 0.6) is 5.75 Å². The van der Waals surface area contributed by atoms with E-state index in [-0.39, 0.29) is 12.5 Å². The summed E-state index contributed by atoms with van der Waals surface area (Å²) in [7, 11) is 1.65. The highest BCUT2D eigenvalue weighted by Gasteiger charge is 2.18. The Morgan fingerprint density at radius 1 is 1.17 bits per heavy atom. The summed E-state index contributed by atoms with van der Waals surface area (Å²) in [5.41, 5.74) is 9.32. The van der Waals surface area contributed by atoms with Gasteiger partial charge < -0.3 is 20.7 Å². The highest BCUT2D eigenvalue weighted by molar-refractivity contribution is 5.87. The Morgan fingerprint density at radius 2 is 1.88 bits per heavy atom. The molecule has 1 amide bonds. The van der Waals surface area contributed by atoms with Crippen LogP contribution in [0.4, 0.5) is 11.4 Å². The molecule has 0 atom stereocenters. The van der Waals surface area contributed by atoms with Crippen LogP contribution in [-0.4, -0.2) is 37.6 Å². The lowest BCUT2D eigenvalue weighted by Crippen LogP contribution is -2.33. The van der Waals surface area contributed by atoms with Gasteiger partial charge in [0.25, 0.3) is 0 Å². The zero-order valence-electron chi connectivity index (χ0n) is 13.9. The van der Waals surface area contributed by atoms with Crippen LogP contribution in [0.25, 0.3) is 11.1 Å². The molecule has 0 radical (unpaired) electrons. The number of ether oxygens (including phenoxy) is 1. The summed E-state index contributed by atoms with van der Waals surface area (Å²) in [6.07, 6.45) is 2.20. The Morgan fingerprint density at radius 3 is 2.54 bits per heavy atom. The van der Waals surface area contributed by atoms with Crippen LogP contribution in [0.3, 0.4) is 0 Å². The van der Waals surface area contributed by atoms with Gasteiger partial charge >= 0.3 is 0 Å². The SMILES string of the molecule is COc1cccc(NCC(=O)N2CCCC2)c1-c1ccc(N)cc1. The summed E-state index contributed by atoms with van der Waals surface area (Å²) in [5, 5.41) is 3.28. The van der Waals surface area contributed by atoms with Crippen LogP contribution < -0.4 is 15.8 Å². The second kappa shape index (κ2) is 7.25. The van der Waals surface area contributed by atoms with Crippen molar-refractivity contribution in [3.05, 3.63) is 42.5 Å². The van der Waals surface area contributed by atoms with Crippen molar-refractivity contribution in [3.63, 3.8) is 0 Å². The number of anilines is 2. The molecule has 1 aliphatic heterocycles. The lowest BCUT2D eigenvalue weighted by Gasteiger charge is -2.19. The maximum absolute atomic E-state index is 12.3.